The van der Waals surface area contributed by atoms with Gasteiger partial charge in [0.25, 0.3) is 0 Å². The lowest BCUT2D eigenvalue weighted by Gasteiger charge is -2.23. The number of hydrogen-bond donors (Lipinski definition) is 1. The van der Waals surface area contributed by atoms with Crippen molar-refractivity contribution < 1.29 is 4.79 Å². The van der Waals surface area contributed by atoms with Crippen molar-refractivity contribution in [3.8, 4) is 0 Å². The molecule has 98 valence electrons. The number of hydrogen-bond acceptors (Lipinski definition) is 2. The Labute approximate surface area is 106 Å². The smallest absolute Gasteiger partial charge is 0.158 e. The lowest BCUT2D eigenvalue weighted by Crippen LogP contribution is -2.18. The van der Waals surface area contributed by atoms with Gasteiger partial charge < -0.3 is 5.73 Å². The minimum Gasteiger partial charge on any atom is -0.330 e. The molecule has 0 radical (unpaired) electrons. The first kappa shape index (κ1) is 14.4. The molecule has 0 aromatic heterocycles. The van der Waals surface area contributed by atoms with Crippen LogP contribution < -0.4 is 5.73 Å². The zero-order chi connectivity index (χ0) is 12.7. The highest BCUT2D eigenvalue weighted by Gasteiger charge is 2.19. The number of carbonyl (C=O) groups excluding carboxylic acids is 1. The number of Topliss-reactive ketones (excluding diaryl/α,β-unsaturated/α-hetero) is 1. The standard InChI is InChI=1S/C15H27NO/c1-15(2,11-12-16)10-9-14(17)13-7-5-3-4-6-8-13/h7H,3-6,8-12,16H2,1-2H3. The first-order valence-electron chi connectivity index (χ1n) is 6.97. The van der Waals surface area contributed by atoms with Crippen molar-refractivity contribution in [1.29, 1.82) is 0 Å². The molecule has 0 bridgehead atoms. The van der Waals surface area contributed by atoms with Crippen LogP contribution in [0.25, 0.3) is 0 Å². The van der Waals surface area contributed by atoms with Gasteiger partial charge in [-0.15, -0.1) is 0 Å². The summed E-state index contributed by atoms with van der Waals surface area (Å²) in [7, 11) is 0. The van der Waals surface area contributed by atoms with Crippen molar-refractivity contribution >= 4 is 5.78 Å². The highest BCUT2D eigenvalue weighted by Crippen LogP contribution is 2.28. The molecule has 2 heteroatoms. The molecule has 0 saturated carbocycles. The van der Waals surface area contributed by atoms with Crippen molar-refractivity contribution in [3.63, 3.8) is 0 Å². The third kappa shape index (κ3) is 5.49. The Kier molecular flexibility index (Phi) is 5.90. The number of ketones is 1. The topological polar surface area (TPSA) is 43.1 Å². The van der Waals surface area contributed by atoms with Gasteiger partial charge in [0.2, 0.25) is 0 Å². The van der Waals surface area contributed by atoms with Crippen LogP contribution >= 0.6 is 0 Å². The summed E-state index contributed by atoms with van der Waals surface area (Å²) in [5, 5.41) is 0. The van der Waals surface area contributed by atoms with Gasteiger partial charge in [0.15, 0.2) is 5.78 Å². The summed E-state index contributed by atoms with van der Waals surface area (Å²) < 4.78 is 0. The van der Waals surface area contributed by atoms with Gasteiger partial charge in [-0.2, -0.15) is 0 Å². The minimum atomic E-state index is 0.204. The molecule has 0 heterocycles. The van der Waals surface area contributed by atoms with Crippen LogP contribution in [0, 0.1) is 5.41 Å². The third-order valence-corrected chi connectivity index (χ3v) is 3.75. The monoisotopic (exact) mass is 237 g/mol. The molecule has 1 aliphatic carbocycles. The largest absolute Gasteiger partial charge is 0.330 e. The van der Waals surface area contributed by atoms with E-state index in [-0.39, 0.29) is 5.41 Å². The Bertz CT molecular complexity index is 279. The van der Waals surface area contributed by atoms with Crippen LogP contribution in [0.4, 0.5) is 0 Å². The highest BCUT2D eigenvalue weighted by atomic mass is 16.1. The number of carbonyl (C=O) groups is 1. The molecule has 0 fully saturated rings. The van der Waals surface area contributed by atoms with E-state index in [1.165, 1.54) is 19.3 Å². The van der Waals surface area contributed by atoms with Gasteiger partial charge in [-0.05, 0) is 56.1 Å². The molecule has 1 aliphatic rings. The minimum absolute atomic E-state index is 0.204. The van der Waals surface area contributed by atoms with Crippen LogP contribution in [0.2, 0.25) is 0 Å². The van der Waals surface area contributed by atoms with Gasteiger partial charge in [0.05, 0.1) is 0 Å². The summed E-state index contributed by atoms with van der Waals surface area (Å²) >= 11 is 0. The zero-order valence-electron chi connectivity index (χ0n) is 11.4. The van der Waals surface area contributed by atoms with E-state index in [2.05, 4.69) is 19.9 Å². The Morgan fingerprint density at radius 3 is 2.76 bits per heavy atom. The van der Waals surface area contributed by atoms with Gasteiger partial charge in [0.1, 0.15) is 0 Å². The fourth-order valence-electron chi connectivity index (χ4n) is 2.40. The van der Waals surface area contributed by atoms with E-state index in [4.69, 9.17) is 5.73 Å². The Morgan fingerprint density at radius 2 is 2.06 bits per heavy atom. The lowest BCUT2D eigenvalue weighted by atomic mass is 9.83. The molecule has 1 rings (SSSR count). The molecule has 17 heavy (non-hydrogen) atoms. The SMILES string of the molecule is CC(C)(CCN)CCC(=O)C1=CCCCCC1. The van der Waals surface area contributed by atoms with Crippen LogP contribution in [0.3, 0.4) is 0 Å². The molecule has 0 unspecified atom stereocenters. The molecule has 0 spiro atoms. The van der Waals surface area contributed by atoms with Crippen LogP contribution in [0.1, 0.15) is 65.2 Å². The molecule has 0 atom stereocenters. The first-order chi connectivity index (χ1) is 8.05. The van der Waals surface area contributed by atoms with Crippen molar-refractivity contribution in [2.24, 2.45) is 11.1 Å². The van der Waals surface area contributed by atoms with Gasteiger partial charge in [-0.3, -0.25) is 4.79 Å². The van der Waals surface area contributed by atoms with Crippen LogP contribution in [0.5, 0.6) is 0 Å². The Balaban J connectivity index is 2.40. The van der Waals surface area contributed by atoms with Gasteiger partial charge >= 0.3 is 0 Å². The van der Waals surface area contributed by atoms with Gasteiger partial charge in [-0.25, -0.2) is 0 Å². The van der Waals surface area contributed by atoms with E-state index in [1.807, 2.05) is 0 Å². The number of allylic oxidation sites excluding steroid dienone is 2. The first-order valence-corrected chi connectivity index (χ1v) is 6.97. The molecule has 2 nitrogen and oxygen atoms in total. The van der Waals surface area contributed by atoms with E-state index in [9.17, 15) is 4.79 Å². The molecule has 0 aromatic carbocycles. The summed E-state index contributed by atoms with van der Waals surface area (Å²) in [5.74, 6) is 0.372. The summed E-state index contributed by atoms with van der Waals surface area (Å²) in [5.41, 5.74) is 6.88. The second-order valence-corrected chi connectivity index (χ2v) is 5.95. The molecule has 2 N–H and O–H groups in total. The molecule has 0 aliphatic heterocycles. The predicted octanol–water partition coefficient (Wildman–Crippen LogP) is 3.60. The van der Waals surface area contributed by atoms with Crippen LogP contribution in [0.15, 0.2) is 11.6 Å². The van der Waals surface area contributed by atoms with E-state index in [0.717, 1.165) is 31.3 Å². The molecular formula is C15H27NO. The predicted molar refractivity (Wildman–Crippen MR) is 72.9 cm³/mol. The second kappa shape index (κ2) is 6.95. The lowest BCUT2D eigenvalue weighted by molar-refractivity contribution is -0.116. The van der Waals surface area contributed by atoms with Crippen molar-refractivity contribution in [2.75, 3.05) is 6.54 Å². The Hall–Kier alpha value is -0.630. The van der Waals surface area contributed by atoms with Crippen LogP contribution in [-0.4, -0.2) is 12.3 Å². The maximum atomic E-state index is 12.1. The highest BCUT2D eigenvalue weighted by molar-refractivity contribution is 5.95. The van der Waals surface area contributed by atoms with Crippen LogP contribution in [-0.2, 0) is 4.79 Å². The Morgan fingerprint density at radius 1 is 1.29 bits per heavy atom. The maximum Gasteiger partial charge on any atom is 0.158 e. The van der Waals surface area contributed by atoms with E-state index in [1.54, 1.807) is 0 Å². The molecular weight excluding hydrogens is 210 g/mol. The number of nitrogens with two attached hydrogens (primary N) is 1. The summed E-state index contributed by atoms with van der Waals surface area (Å²) in [6.07, 6.45) is 10.6. The third-order valence-electron chi connectivity index (χ3n) is 3.75. The van der Waals surface area contributed by atoms with Crippen molar-refractivity contribution in [1.82, 2.24) is 0 Å². The maximum absolute atomic E-state index is 12.1. The summed E-state index contributed by atoms with van der Waals surface area (Å²) in [6.45, 7) is 5.12. The van der Waals surface area contributed by atoms with E-state index >= 15 is 0 Å². The molecule has 0 amide bonds. The second-order valence-electron chi connectivity index (χ2n) is 5.95. The fourth-order valence-corrected chi connectivity index (χ4v) is 2.40. The quantitative estimate of drug-likeness (QED) is 0.767. The van der Waals surface area contributed by atoms with E-state index in [0.29, 0.717) is 18.7 Å². The van der Waals surface area contributed by atoms with Crippen molar-refractivity contribution in [3.05, 3.63) is 11.6 Å². The number of rotatable bonds is 6. The normalized spacial score (nSPS) is 17.5. The average Bonchev–Trinajstić information content (AvgIpc) is 2.54. The average molecular weight is 237 g/mol. The van der Waals surface area contributed by atoms with E-state index < -0.39 is 0 Å². The van der Waals surface area contributed by atoms with Crippen molar-refractivity contribution in [2.45, 2.75) is 65.2 Å². The van der Waals surface area contributed by atoms with Gasteiger partial charge in [-0.1, -0.05) is 26.3 Å². The zero-order valence-corrected chi connectivity index (χ0v) is 11.4. The van der Waals surface area contributed by atoms with Gasteiger partial charge in [0, 0.05) is 6.42 Å². The summed E-state index contributed by atoms with van der Waals surface area (Å²) in [4.78, 5) is 12.1. The molecule has 0 aromatic rings. The molecule has 0 saturated heterocycles. The summed E-state index contributed by atoms with van der Waals surface area (Å²) in [6, 6.07) is 0. The fraction of sp³-hybridized carbons (Fsp3) is 0.800.